The zero-order chi connectivity index (χ0) is 15.3. The Morgan fingerprint density at radius 1 is 1.27 bits per heavy atom. The van der Waals surface area contributed by atoms with Gasteiger partial charge in [-0.15, -0.1) is 12.4 Å². The lowest BCUT2D eigenvalue weighted by Crippen LogP contribution is -2.49. The summed E-state index contributed by atoms with van der Waals surface area (Å²) in [6.45, 7) is 1.44. The van der Waals surface area contributed by atoms with Gasteiger partial charge in [-0.25, -0.2) is 8.78 Å². The van der Waals surface area contributed by atoms with Gasteiger partial charge >= 0.3 is 0 Å². The Morgan fingerprint density at radius 3 is 2.41 bits per heavy atom. The largest absolute Gasteiger partial charge is 0.381 e. The average Bonchev–Trinajstić information content (AvgIpc) is 2.50. The number of ether oxygens (including phenoxy) is 1. The molecule has 1 aliphatic rings. The highest BCUT2D eigenvalue weighted by Gasteiger charge is 2.38. The molecule has 1 fully saturated rings. The second-order valence-electron chi connectivity index (χ2n) is 5.30. The van der Waals surface area contributed by atoms with Gasteiger partial charge in [-0.3, -0.25) is 4.79 Å². The molecule has 22 heavy (non-hydrogen) atoms. The first kappa shape index (κ1) is 18.8. The molecule has 2 rings (SSSR count). The highest BCUT2D eigenvalue weighted by atomic mass is 35.5. The number of carbonyl (C=O) groups is 1. The Labute approximate surface area is 134 Å². The van der Waals surface area contributed by atoms with E-state index in [0.717, 1.165) is 0 Å². The predicted molar refractivity (Wildman–Crippen MR) is 81.9 cm³/mol. The Morgan fingerprint density at radius 2 is 1.86 bits per heavy atom. The minimum Gasteiger partial charge on any atom is -0.381 e. The van der Waals surface area contributed by atoms with E-state index in [0.29, 0.717) is 26.1 Å². The molecular weight excluding hydrogens is 314 g/mol. The first-order valence-corrected chi connectivity index (χ1v) is 7.08. The number of hydrogen-bond acceptors (Lipinski definition) is 3. The smallest absolute Gasteiger partial charge is 0.227 e. The number of benzene rings is 1. The maximum Gasteiger partial charge on any atom is 0.227 e. The van der Waals surface area contributed by atoms with E-state index in [1.54, 1.807) is 0 Å². The molecule has 124 valence electrons. The number of nitrogens with one attached hydrogen (secondary N) is 1. The minimum absolute atomic E-state index is 0. The van der Waals surface area contributed by atoms with Gasteiger partial charge in [0, 0.05) is 31.9 Å². The zero-order valence-electron chi connectivity index (χ0n) is 12.2. The van der Waals surface area contributed by atoms with Gasteiger partial charge in [0.1, 0.15) is 11.6 Å². The summed E-state index contributed by atoms with van der Waals surface area (Å²) in [6, 6.07) is 3.73. The van der Waals surface area contributed by atoms with Gasteiger partial charge < -0.3 is 15.8 Å². The standard InChI is InChI=1S/C15H20F2N2O2.ClH/c16-12-2-1-3-13(17)11(12)4-7-19-14(20)15(10-18)5-8-21-9-6-15;/h1-3H,4-10,18H2,(H,19,20);1H. The summed E-state index contributed by atoms with van der Waals surface area (Å²) in [5.74, 6) is -1.35. The van der Waals surface area contributed by atoms with E-state index in [1.807, 2.05) is 0 Å². The van der Waals surface area contributed by atoms with Gasteiger partial charge in [-0.05, 0) is 31.4 Å². The van der Waals surface area contributed by atoms with Crippen molar-refractivity contribution in [2.45, 2.75) is 19.3 Å². The number of nitrogens with two attached hydrogens (primary N) is 1. The second kappa shape index (κ2) is 8.41. The molecule has 1 aliphatic heterocycles. The summed E-state index contributed by atoms with van der Waals surface area (Å²) in [5, 5.41) is 2.74. The van der Waals surface area contributed by atoms with Crippen LogP contribution in [0.1, 0.15) is 18.4 Å². The molecule has 3 N–H and O–H groups in total. The Bertz CT molecular complexity index is 488. The molecule has 0 spiro atoms. The minimum atomic E-state index is -0.619. The summed E-state index contributed by atoms with van der Waals surface area (Å²) in [7, 11) is 0. The van der Waals surface area contributed by atoms with Crippen molar-refractivity contribution in [3.8, 4) is 0 Å². The lowest BCUT2D eigenvalue weighted by molar-refractivity contribution is -0.135. The van der Waals surface area contributed by atoms with E-state index in [4.69, 9.17) is 10.5 Å². The molecule has 0 bridgehead atoms. The summed E-state index contributed by atoms with van der Waals surface area (Å²) >= 11 is 0. The molecule has 0 aliphatic carbocycles. The van der Waals surface area contributed by atoms with Crippen LogP contribution in [0.3, 0.4) is 0 Å². The van der Waals surface area contributed by atoms with Crippen molar-refractivity contribution in [3.63, 3.8) is 0 Å². The Kier molecular flexibility index (Phi) is 7.19. The summed E-state index contributed by atoms with van der Waals surface area (Å²) in [6.07, 6.45) is 1.26. The van der Waals surface area contributed by atoms with Crippen molar-refractivity contribution in [2.75, 3.05) is 26.3 Å². The third kappa shape index (κ3) is 4.15. The number of halogens is 3. The van der Waals surface area contributed by atoms with Crippen LogP contribution in [-0.4, -0.2) is 32.2 Å². The maximum atomic E-state index is 13.5. The topological polar surface area (TPSA) is 64.4 Å². The van der Waals surface area contributed by atoms with E-state index in [2.05, 4.69) is 5.32 Å². The quantitative estimate of drug-likeness (QED) is 0.863. The molecule has 4 nitrogen and oxygen atoms in total. The molecule has 0 saturated carbocycles. The van der Waals surface area contributed by atoms with Gasteiger partial charge in [-0.2, -0.15) is 0 Å². The van der Waals surface area contributed by atoms with Crippen molar-refractivity contribution in [2.24, 2.45) is 11.1 Å². The third-order valence-corrected chi connectivity index (χ3v) is 4.04. The second-order valence-corrected chi connectivity index (χ2v) is 5.30. The molecule has 0 radical (unpaired) electrons. The lowest BCUT2D eigenvalue weighted by Gasteiger charge is -2.34. The molecule has 0 unspecified atom stereocenters. The number of carbonyl (C=O) groups excluding carboxylic acids is 1. The highest BCUT2D eigenvalue weighted by molar-refractivity contribution is 5.85. The lowest BCUT2D eigenvalue weighted by atomic mass is 9.79. The SMILES string of the molecule is Cl.NCC1(C(=O)NCCc2c(F)cccc2F)CCOCC1. The van der Waals surface area contributed by atoms with Gasteiger partial charge in [0.15, 0.2) is 0 Å². The van der Waals surface area contributed by atoms with E-state index >= 15 is 0 Å². The van der Waals surface area contributed by atoms with Crippen molar-refractivity contribution < 1.29 is 18.3 Å². The van der Waals surface area contributed by atoms with Gasteiger partial charge in [0.25, 0.3) is 0 Å². The Hall–Kier alpha value is -1.24. The van der Waals surface area contributed by atoms with E-state index in [1.165, 1.54) is 18.2 Å². The fraction of sp³-hybridized carbons (Fsp3) is 0.533. The van der Waals surface area contributed by atoms with Gasteiger partial charge in [-0.1, -0.05) is 6.07 Å². The summed E-state index contributed by atoms with van der Waals surface area (Å²) in [5.41, 5.74) is 5.11. The first-order chi connectivity index (χ1) is 10.1. The van der Waals surface area contributed by atoms with Crippen LogP contribution >= 0.6 is 12.4 Å². The molecule has 7 heteroatoms. The van der Waals surface area contributed by atoms with Crippen molar-refractivity contribution in [1.29, 1.82) is 0 Å². The van der Waals surface area contributed by atoms with Crippen LogP contribution in [0.25, 0.3) is 0 Å². The Balaban J connectivity index is 0.00000242. The van der Waals surface area contributed by atoms with Crippen LogP contribution < -0.4 is 11.1 Å². The van der Waals surface area contributed by atoms with Crippen LogP contribution in [0.2, 0.25) is 0 Å². The van der Waals surface area contributed by atoms with E-state index < -0.39 is 17.0 Å². The van der Waals surface area contributed by atoms with Crippen LogP contribution in [-0.2, 0) is 16.0 Å². The molecule has 0 aromatic heterocycles. The summed E-state index contributed by atoms with van der Waals surface area (Å²) < 4.78 is 32.2. The average molecular weight is 335 g/mol. The predicted octanol–water partition coefficient (Wildman–Crippen LogP) is 1.80. The molecular formula is C15H21ClF2N2O2. The zero-order valence-corrected chi connectivity index (χ0v) is 13.1. The number of rotatable bonds is 5. The van der Waals surface area contributed by atoms with Gasteiger partial charge in [0.2, 0.25) is 5.91 Å². The van der Waals surface area contributed by atoms with Crippen LogP contribution in [0.15, 0.2) is 18.2 Å². The van der Waals surface area contributed by atoms with Gasteiger partial charge in [0.05, 0.1) is 5.41 Å². The van der Waals surface area contributed by atoms with Crippen molar-refractivity contribution >= 4 is 18.3 Å². The van der Waals surface area contributed by atoms with Crippen molar-refractivity contribution in [3.05, 3.63) is 35.4 Å². The fourth-order valence-corrected chi connectivity index (χ4v) is 2.55. The number of amides is 1. The van der Waals surface area contributed by atoms with Crippen LogP contribution in [0, 0.1) is 17.0 Å². The monoisotopic (exact) mass is 334 g/mol. The molecule has 1 aromatic carbocycles. The normalized spacial score (nSPS) is 16.7. The highest BCUT2D eigenvalue weighted by Crippen LogP contribution is 2.29. The van der Waals surface area contributed by atoms with Crippen LogP contribution in [0.4, 0.5) is 8.78 Å². The third-order valence-electron chi connectivity index (χ3n) is 4.04. The molecule has 0 atom stereocenters. The molecule has 1 saturated heterocycles. The van der Waals surface area contributed by atoms with Crippen LogP contribution in [0.5, 0.6) is 0 Å². The summed E-state index contributed by atoms with van der Waals surface area (Å²) in [4.78, 5) is 12.3. The van der Waals surface area contributed by atoms with Crippen molar-refractivity contribution in [1.82, 2.24) is 5.32 Å². The molecule has 1 heterocycles. The molecule has 1 aromatic rings. The van der Waals surface area contributed by atoms with E-state index in [9.17, 15) is 13.6 Å². The maximum absolute atomic E-state index is 13.5. The number of hydrogen-bond donors (Lipinski definition) is 2. The fourth-order valence-electron chi connectivity index (χ4n) is 2.55. The van der Waals surface area contributed by atoms with E-state index in [-0.39, 0.29) is 43.4 Å². The molecule has 1 amide bonds. The first-order valence-electron chi connectivity index (χ1n) is 7.08.